The molecule has 1 aliphatic rings. The average molecular weight is 364 g/mol. The Bertz CT molecular complexity index is 830. The van der Waals surface area contributed by atoms with Crippen molar-refractivity contribution in [1.82, 2.24) is 4.72 Å². The Balaban J connectivity index is 1.91. The van der Waals surface area contributed by atoms with Gasteiger partial charge in [-0.2, -0.15) is 0 Å². The maximum atomic E-state index is 12.8. The minimum atomic E-state index is -3.59. The van der Waals surface area contributed by atoms with E-state index in [1.54, 1.807) is 23.9 Å². The summed E-state index contributed by atoms with van der Waals surface area (Å²) in [4.78, 5) is 1.31. The summed E-state index contributed by atoms with van der Waals surface area (Å²) in [6.07, 6.45) is 2.54. The fourth-order valence-corrected chi connectivity index (χ4v) is 4.54. The highest BCUT2D eigenvalue weighted by Gasteiger charge is 2.35. The molecular formula is C18H21NO3S2. The summed E-state index contributed by atoms with van der Waals surface area (Å²) in [5.41, 5.74) is 0.450. The fourth-order valence-electron chi connectivity index (χ4n) is 2.92. The van der Waals surface area contributed by atoms with Crippen LogP contribution in [0.3, 0.4) is 0 Å². The molecule has 1 N–H and O–H groups in total. The zero-order valence-corrected chi connectivity index (χ0v) is 15.6. The Hall–Kier alpha value is -1.50. The summed E-state index contributed by atoms with van der Waals surface area (Å²) >= 11 is 1.58. The van der Waals surface area contributed by atoms with Crippen molar-refractivity contribution in [3.05, 3.63) is 54.1 Å². The van der Waals surface area contributed by atoms with Crippen LogP contribution >= 0.6 is 11.8 Å². The zero-order valence-electron chi connectivity index (χ0n) is 13.9. The summed E-state index contributed by atoms with van der Waals surface area (Å²) in [7, 11) is -3.59. The molecule has 1 aliphatic heterocycles. The Morgan fingerprint density at radius 1 is 1.12 bits per heavy atom. The molecule has 2 aromatic rings. The van der Waals surface area contributed by atoms with Crippen LogP contribution in [-0.2, 0) is 10.0 Å². The molecule has 0 spiro atoms. The fraction of sp³-hybridized carbons (Fsp3) is 0.333. The molecule has 128 valence electrons. The first kappa shape index (κ1) is 17.3. The second kappa shape index (κ2) is 6.43. The number of thioether (sulfide) groups is 1. The van der Waals surface area contributed by atoms with Gasteiger partial charge in [0, 0.05) is 16.9 Å². The molecule has 0 saturated carbocycles. The highest BCUT2D eigenvalue weighted by molar-refractivity contribution is 7.98. The molecule has 0 aromatic heterocycles. The lowest BCUT2D eigenvalue weighted by Crippen LogP contribution is -2.41. The molecule has 6 heteroatoms. The maximum Gasteiger partial charge on any atom is 0.241 e. The van der Waals surface area contributed by atoms with Crippen LogP contribution in [0.2, 0.25) is 0 Å². The van der Waals surface area contributed by atoms with Crippen molar-refractivity contribution in [2.45, 2.75) is 41.7 Å². The van der Waals surface area contributed by atoms with Crippen molar-refractivity contribution in [1.29, 1.82) is 0 Å². The first-order chi connectivity index (χ1) is 11.3. The minimum absolute atomic E-state index is 0.280. The van der Waals surface area contributed by atoms with Crippen LogP contribution in [0, 0.1) is 0 Å². The first-order valence-corrected chi connectivity index (χ1v) is 10.5. The predicted octanol–water partition coefficient (Wildman–Crippen LogP) is 3.99. The SMILES string of the molecule is CSc1ccc(S(=O)(=O)N[C@H]2CC(C)(C)Oc3ccccc32)cc1. The number of sulfonamides is 1. The number of benzene rings is 2. The summed E-state index contributed by atoms with van der Waals surface area (Å²) < 4.78 is 34.3. The van der Waals surface area contributed by atoms with E-state index in [9.17, 15) is 8.42 Å². The van der Waals surface area contributed by atoms with E-state index in [0.29, 0.717) is 6.42 Å². The van der Waals surface area contributed by atoms with Gasteiger partial charge in [-0.3, -0.25) is 0 Å². The molecule has 0 fully saturated rings. The van der Waals surface area contributed by atoms with Gasteiger partial charge in [0.1, 0.15) is 11.4 Å². The second-order valence-corrected chi connectivity index (χ2v) is 9.05. The summed E-state index contributed by atoms with van der Waals surface area (Å²) in [5, 5.41) is 0. The van der Waals surface area contributed by atoms with Crippen LogP contribution in [0.15, 0.2) is 58.3 Å². The average Bonchev–Trinajstić information content (AvgIpc) is 2.53. The molecular weight excluding hydrogens is 342 g/mol. The molecule has 0 saturated heterocycles. The first-order valence-electron chi connectivity index (χ1n) is 7.75. The number of hydrogen-bond donors (Lipinski definition) is 1. The molecule has 0 bridgehead atoms. The van der Waals surface area contributed by atoms with Crippen molar-refractivity contribution < 1.29 is 13.2 Å². The molecule has 0 unspecified atom stereocenters. The van der Waals surface area contributed by atoms with Gasteiger partial charge in [0.15, 0.2) is 0 Å². The standard InChI is InChI=1S/C18H21NO3S2/c1-18(2)12-16(15-6-4-5-7-17(15)22-18)19-24(20,21)14-10-8-13(23-3)9-11-14/h4-11,16,19H,12H2,1-3H3/t16-/m0/s1. The van der Waals surface area contributed by atoms with E-state index < -0.39 is 15.6 Å². The Morgan fingerprint density at radius 2 is 1.79 bits per heavy atom. The lowest BCUT2D eigenvalue weighted by atomic mass is 9.90. The molecule has 24 heavy (non-hydrogen) atoms. The van der Waals surface area contributed by atoms with Crippen molar-refractivity contribution in [3.8, 4) is 5.75 Å². The highest BCUT2D eigenvalue weighted by atomic mass is 32.2. The summed E-state index contributed by atoms with van der Waals surface area (Å²) in [6.45, 7) is 3.94. The quantitative estimate of drug-likeness (QED) is 0.835. The topological polar surface area (TPSA) is 55.4 Å². The van der Waals surface area contributed by atoms with E-state index in [-0.39, 0.29) is 10.9 Å². The van der Waals surface area contributed by atoms with E-state index in [2.05, 4.69) is 4.72 Å². The predicted molar refractivity (Wildman–Crippen MR) is 97.1 cm³/mol. The normalized spacial score (nSPS) is 19.4. The van der Waals surface area contributed by atoms with E-state index in [0.717, 1.165) is 16.2 Å². The molecule has 2 aromatic carbocycles. The molecule has 0 radical (unpaired) electrons. The van der Waals surface area contributed by atoms with Crippen molar-refractivity contribution in [2.24, 2.45) is 0 Å². The van der Waals surface area contributed by atoms with Crippen LogP contribution in [-0.4, -0.2) is 20.3 Å². The molecule has 0 amide bonds. The monoisotopic (exact) mass is 363 g/mol. The van der Waals surface area contributed by atoms with Crippen LogP contribution in [0.25, 0.3) is 0 Å². The van der Waals surface area contributed by atoms with Crippen LogP contribution in [0.1, 0.15) is 31.9 Å². The van der Waals surface area contributed by atoms with Gasteiger partial charge < -0.3 is 4.74 Å². The Morgan fingerprint density at radius 3 is 2.46 bits per heavy atom. The molecule has 0 aliphatic carbocycles. The van der Waals surface area contributed by atoms with Gasteiger partial charge in [-0.1, -0.05) is 18.2 Å². The largest absolute Gasteiger partial charge is 0.487 e. The van der Waals surface area contributed by atoms with E-state index in [1.165, 1.54) is 0 Å². The smallest absolute Gasteiger partial charge is 0.241 e. The number of para-hydroxylation sites is 1. The Labute approximate surface area is 147 Å². The third-order valence-corrected chi connectivity index (χ3v) is 6.27. The maximum absolute atomic E-state index is 12.8. The van der Waals surface area contributed by atoms with Gasteiger partial charge in [-0.05, 0) is 50.4 Å². The van der Waals surface area contributed by atoms with Gasteiger partial charge in [0.05, 0.1) is 10.9 Å². The van der Waals surface area contributed by atoms with Gasteiger partial charge in [0.2, 0.25) is 10.0 Å². The third-order valence-electron chi connectivity index (χ3n) is 4.04. The highest BCUT2D eigenvalue weighted by Crippen LogP contribution is 2.39. The van der Waals surface area contributed by atoms with Crippen LogP contribution in [0.5, 0.6) is 5.75 Å². The van der Waals surface area contributed by atoms with E-state index in [4.69, 9.17) is 4.74 Å². The van der Waals surface area contributed by atoms with Gasteiger partial charge >= 0.3 is 0 Å². The van der Waals surface area contributed by atoms with Gasteiger partial charge in [0.25, 0.3) is 0 Å². The lowest BCUT2D eigenvalue weighted by molar-refractivity contribution is 0.0702. The number of ether oxygens (including phenoxy) is 1. The van der Waals surface area contributed by atoms with Gasteiger partial charge in [-0.25, -0.2) is 13.1 Å². The van der Waals surface area contributed by atoms with Crippen molar-refractivity contribution >= 4 is 21.8 Å². The molecule has 1 heterocycles. The zero-order chi connectivity index (χ0) is 17.4. The minimum Gasteiger partial charge on any atom is -0.487 e. The second-order valence-electron chi connectivity index (χ2n) is 6.45. The van der Waals surface area contributed by atoms with Crippen molar-refractivity contribution in [2.75, 3.05) is 6.26 Å². The number of nitrogens with one attached hydrogen (secondary N) is 1. The van der Waals surface area contributed by atoms with E-state index >= 15 is 0 Å². The molecule has 4 nitrogen and oxygen atoms in total. The summed E-state index contributed by atoms with van der Waals surface area (Å²) in [5.74, 6) is 0.735. The van der Waals surface area contributed by atoms with Crippen molar-refractivity contribution in [3.63, 3.8) is 0 Å². The number of rotatable bonds is 4. The lowest BCUT2D eigenvalue weighted by Gasteiger charge is -2.37. The van der Waals surface area contributed by atoms with Crippen LogP contribution in [0.4, 0.5) is 0 Å². The van der Waals surface area contributed by atoms with Gasteiger partial charge in [-0.15, -0.1) is 11.8 Å². The molecule has 1 atom stereocenters. The van der Waals surface area contributed by atoms with E-state index in [1.807, 2.05) is 56.5 Å². The Kier molecular flexibility index (Phi) is 4.64. The van der Waals surface area contributed by atoms with Crippen LogP contribution < -0.4 is 9.46 Å². The third kappa shape index (κ3) is 3.61. The summed E-state index contributed by atoms with van der Waals surface area (Å²) in [6, 6.07) is 14.2. The number of hydrogen-bond acceptors (Lipinski definition) is 4. The molecule has 3 rings (SSSR count). The number of fused-ring (bicyclic) bond motifs is 1.